The Hall–Kier alpha value is -1.51. The van der Waals surface area contributed by atoms with Gasteiger partial charge in [0.15, 0.2) is 0 Å². The summed E-state index contributed by atoms with van der Waals surface area (Å²) >= 11 is 0. The number of nitrogens with one attached hydrogen (secondary N) is 1. The highest BCUT2D eigenvalue weighted by Gasteiger charge is 2.04. The highest BCUT2D eigenvalue weighted by Crippen LogP contribution is 2.21. The molecule has 0 saturated heterocycles. The first-order valence-corrected chi connectivity index (χ1v) is 4.80. The Morgan fingerprint density at radius 1 is 1.50 bits per heavy atom. The lowest BCUT2D eigenvalue weighted by molar-refractivity contribution is -0.116. The summed E-state index contributed by atoms with van der Waals surface area (Å²) in [6.45, 7) is 3.89. The molecule has 3 N–H and O–H groups in total. The molecule has 0 unspecified atom stereocenters. The van der Waals surface area contributed by atoms with Crippen LogP contribution in [0.2, 0.25) is 0 Å². The number of hydrogen-bond donors (Lipinski definition) is 2. The topological polar surface area (TPSA) is 55.1 Å². The molecule has 3 nitrogen and oxygen atoms in total. The van der Waals surface area contributed by atoms with Crippen LogP contribution in [0.25, 0.3) is 0 Å². The fourth-order valence-electron chi connectivity index (χ4n) is 1.23. The van der Waals surface area contributed by atoms with Crippen molar-refractivity contribution in [3.63, 3.8) is 0 Å². The molecule has 0 aliphatic carbocycles. The maximum absolute atomic E-state index is 11.3. The summed E-state index contributed by atoms with van der Waals surface area (Å²) in [5.41, 5.74) is 8.16. The zero-order valence-corrected chi connectivity index (χ0v) is 8.63. The summed E-state index contributed by atoms with van der Waals surface area (Å²) in [5.74, 6) is 0.0183. The number of benzene rings is 1. The second kappa shape index (κ2) is 4.65. The molecule has 0 bridgehead atoms. The smallest absolute Gasteiger partial charge is 0.224 e. The third-order valence-corrected chi connectivity index (χ3v) is 2.08. The Morgan fingerprint density at radius 2 is 2.21 bits per heavy atom. The molecule has 3 heteroatoms. The average molecular weight is 192 g/mol. The Bertz CT molecular complexity index is 334. The molecule has 0 spiro atoms. The minimum Gasteiger partial charge on any atom is -0.397 e. The van der Waals surface area contributed by atoms with Gasteiger partial charge >= 0.3 is 0 Å². The van der Waals surface area contributed by atoms with Crippen LogP contribution in [0, 0.1) is 6.92 Å². The normalized spacial score (nSPS) is 9.86. The molecule has 1 amide bonds. The van der Waals surface area contributed by atoms with E-state index in [9.17, 15) is 4.79 Å². The van der Waals surface area contributed by atoms with E-state index in [1.807, 2.05) is 32.0 Å². The van der Waals surface area contributed by atoms with Crippen LogP contribution >= 0.6 is 0 Å². The van der Waals surface area contributed by atoms with Crippen LogP contribution < -0.4 is 11.1 Å². The van der Waals surface area contributed by atoms with Crippen LogP contribution in [0.15, 0.2) is 18.2 Å². The molecule has 0 aliphatic heterocycles. The molecule has 14 heavy (non-hydrogen) atoms. The van der Waals surface area contributed by atoms with Gasteiger partial charge in [0.1, 0.15) is 0 Å². The predicted molar refractivity (Wildman–Crippen MR) is 59.1 cm³/mol. The zero-order valence-electron chi connectivity index (χ0n) is 8.63. The highest BCUT2D eigenvalue weighted by molar-refractivity contribution is 5.94. The fourth-order valence-corrected chi connectivity index (χ4v) is 1.23. The van der Waals surface area contributed by atoms with Gasteiger partial charge in [0.05, 0.1) is 11.4 Å². The predicted octanol–water partition coefficient (Wildman–Crippen LogP) is 2.32. The van der Waals surface area contributed by atoms with E-state index in [0.717, 1.165) is 12.0 Å². The van der Waals surface area contributed by atoms with E-state index in [4.69, 9.17) is 5.73 Å². The molecule has 0 radical (unpaired) electrons. The molecular formula is C11H16N2O. The first-order valence-electron chi connectivity index (χ1n) is 4.80. The van der Waals surface area contributed by atoms with Gasteiger partial charge in [0.2, 0.25) is 5.91 Å². The Balaban J connectivity index is 2.76. The van der Waals surface area contributed by atoms with Crippen LogP contribution in [-0.4, -0.2) is 5.91 Å². The molecule has 0 aliphatic rings. The minimum absolute atomic E-state index is 0.0183. The van der Waals surface area contributed by atoms with Gasteiger partial charge in [-0.3, -0.25) is 4.79 Å². The molecule has 0 aromatic heterocycles. The Kier molecular flexibility index (Phi) is 3.51. The first-order chi connectivity index (χ1) is 6.65. The quantitative estimate of drug-likeness (QED) is 0.722. The maximum atomic E-state index is 11.3. The summed E-state index contributed by atoms with van der Waals surface area (Å²) in [7, 11) is 0. The summed E-state index contributed by atoms with van der Waals surface area (Å²) in [6.07, 6.45) is 1.38. The minimum atomic E-state index is 0.0183. The number of rotatable bonds is 3. The highest BCUT2D eigenvalue weighted by atomic mass is 16.1. The maximum Gasteiger partial charge on any atom is 0.224 e. The lowest BCUT2D eigenvalue weighted by atomic mass is 10.1. The van der Waals surface area contributed by atoms with Gasteiger partial charge in [-0.05, 0) is 25.0 Å². The fraction of sp³-hybridized carbons (Fsp3) is 0.364. The molecule has 1 aromatic carbocycles. The zero-order chi connectivity index (χ0) is 10.6. The number of carbonyl (C=O) groups is 1. The molecule has 1 aromatic rings. The van der Waals surface area contributed by atoms with E-state index < -0.39 is 0 Å². The number of carbonyl (C=O) groups excluding carboxylic acids is 1. The largest absolute Gasteiger partial charge is 0.397 e. The number of amides is 1. The summed E-state index contributed by atoms with van der Waals surface area (Å²) in [6, 6.07) is 5.62. The molecule has 0 heterocycles. The van der Waals surface area contributed by atoms with Crippen LogP contribution in [0.3, 0.4) is 0 Å². The van der Waals surface area contributed by atoms with Crippen molar-refractivity contribution in [3.05, 3.63) is 23.8 Å². The van der Waals surface area contributed by atoms with Gasteiger partial charge < -0.3 is 11.1 Å². The van der Waals surface area contributed by atoms with Crippen molar-refractivity contribution in [2.45, 2.75) is 26.7 Å². The molecular weight excluding hydrogens is 176 g/mol. The van der Waals surface area contributed by atoms with Gasteiger partial charge in [0, 0.05) is 6.42 Å². The summed E-state index contributed by atoms with van der Waals surface area (Å²) < 4.78 is 0. The second-order valence-corrected chi connectivity index (χ2v) is 3.33. The third-order valence-electron chi connectivity index (χ3n) is 2.08. The Morgan fingerprint density at radius 3 is 2.86 bits per heavy atom. The van der Waals surface area contributed by atoms with Crippen molar-refractivity contribution in [2.24, 2.45) is 0 Å². The van der Waals surface area contributed by atoms with E-state index in [1.54, 1.807) is 0 Å². The van der Waals surface area contributed by atoms with Gasteiger partial charge in [0.25, 0.3) is 0 Å². The number of nitrogen functional groups attached to an aromatic ring is 1. The van der Waals surface area contributed by atoms with Gasteiger partial charge in [-0.1, -0.05) is 19.1 Å². The third kappa shape index (κ3) is 2.49. The SMILES string of the molecule is CCCC(=O)Nc1cccc(C)c1N. The van der Waals surface area contributed by atoms with Crippen LogP contribution in [0.1, 0.15) is 25.3 Å². The van der Waals surface area contributed by atoms with Crippen LogP contribution in [0.4, 0.5) is 11.4 Å². The van der Waals surface area contributed by atoms with Crippen molar-refractivity contribution >= 4 is 17.3 Å². The van der Waals surface area contributed by atoms with Gasteiger partial charge in [-0.15, -0.1) is 0 Å². The molecule has 76 valence electrons. The van der Waals surface area contributed by atoms with Gasteiger partial charge in [-0.25, -0.2) is 0 Å². The van der Waals surface area contributed by atoms with Crippen LogP contribution in [-0.2, 0) is 4.79 Å². The first kappa shape index (κ1) is 10.6. The standard InChI is InChI=1S/C11H16N2O/c1-3-5-10(14)13-9-7-4-6-8(2)11(9)12/h4,6-7H,3,5,12H2,1-2H3,(H,13,14). The summed E-state index contributed by atoms with van der Waals surface area (Å²) in [4.78, 5) is 11.3. The van der Waals surface area contributed by atoms with E-state index in [-0.39, 0.29) is 5.91 Å². The van der Waals surface area contributed by atoms with E-state index in [2.05, 4.69) is 5.32 Å². The van der Waals surface area contributed by atoms with Gasteiger partial charge in [-0.2, -0.15) is 0 Å². The average Bonchev–Trinajstić information content (AvgIpc) is 2.13. The monoisotopic (exact) mass is 192 g/mol. The number of anilines is 2. The molecule has 0 fully saturated rings. The van der Waals surface area contributed by atoms with Crippen molar-refractivity contribution in [3.8, 4) is 0 Å². The van der Waals surface area contributed by atoms with Crippen LogP contribution in [0.5, 0.6) is 0 Å². The molecule has 0 atom stereocenters. The number of aryl methyl sites for hydroxylation is 1. The van der Waals surface area contributed by atoms with Crippen molar-refractivity contribution in [1.82, 2.24) is 0 Å². The number of hydrogen-bond acceptors (Lipinski definition) is 2. The van der Waals surface area contributed by atoms with E-state index >= 15 is 0 Å². The molecule has 0 saturated carbocycles. The van der Waals surface area contributed by atoms with Crippen molar-refractivity contribution < 1.29 is 4.79 Å². The lowest BCUT2D eigenvalue weighted by Crippen LogP contribution is -2.12. The van der Waals surface area contributed by atoms with Crippen molar-refractivity contribution in [1.29, 1.82) is 0 Å². The lowest BCUT2D eigenvalue weighted by Gasteiger charge is -2.09. The number of nitrogens with two attached hydrogens (primary N) is 1. The molecule has 1 rings (SSSR count). The summed E-state index contributed by atoms with van der Waals surface area (Å²) in [5, 5.41) is 2.79. The van der Waals surface area contributed by atoms with Crippen molar-refractivity contribution in [2.75, 3.05) is 11.1 Å². The van der Waals surface area contributed by atoms with E-state index in [0.29, 0.717) is 17.8 Å². The number of para-hydroxylation sites is 1. The second-order valence-electron chi connectivity index (χ2n) is 3.33. The Labute approximate surface area is 84.3 Å². The van der Waals surface area contributed by atoms with E-state index in [1.165, 1.54) is 0 Å².